The number of nitrogens with one attached hydrogen (secondary N) is 2. The van der Waals surface area contributed by atoms with E-state index in [2.05, 4.69) is 67.5 Å². The fourth-order valence-electron chi connectivity index (χ4n) is 7.07. The van der Waals surface area contributed by atoms with E-state index in [-0.39, 0.29) is 28.7 Å². The van der Waals surface area contributed by atoms with Crippen LogP contribution in [0.2, 0.25) is 0 Å². The van der Waals surface area contributed by atoms with Crippen LogP contribution in [0.1, 0.15) is 100 Å². The Morgan fingerprint density at radius 2 is 1.78 bits per heavy atom. The summed E-state index contributed by atoms with van der Waals surface area (Å²) in [4.78, 5) is 54.1. The second kappa shape index (κ2) is 14.6. The molecule has 3 aliphatic rings. The second-order valence-electron chi connectivity index (χ2n) is 14.1. The molecule has 0 aliphatic heterocycles. The molecule has 1 unspecified atom stereocenters. The molecule has 1 saturated carbocycles. The number of carbonyl (C=O) groups is 3. The van der Waals surface area contributed by atoms with E-state index in [9.17, 15) is 14.4 Å². The van der Waals surface area contributed by atoms with Crippen molar-refractivity contribution in [2.24, 2.45) is 11.3 Å². The molecule has 0 radical (unpaired) electrons. The summed E-state index contributed by atoms with van der Waals surface area (Å²) in [6, 6.07) is 13.9. The van der Waals surface area contributed by atoms with Gasteiger partial charge in [-0.1, -0.05) is 45.0 Å². The van der Waals surface area contributed by atoms with Crippen LogP contribution in [0.4, 0.5) is 0 Å². The number of benzene rings is 1. The summed E-state index contributed by atoms with van der Waals surface area (Å²) >= 11 is 0. The van der Waals surface area contributed by atoms with E-state index < -0.39 is 0 Å². The van der Waals surface area contributed by atoms with E-state index in [4.69, 9.17) is 9.78 Å². The minimum absolute atomic E-state index is 0.0273. The molecule has 46 heavy (non-hydrogen) atoms. The summed E-state index contributed by atoms with van der Waals surface area (Å²) < 4.78 is 0. The summed E-state index contributed by atoms with van der Waals surface area (Å²) in [5, 5.41) is 3.46. The molecule has 1 fully saturated rings. The molecule has 3 atom stereocenters. The number of aldehydes is 1. The highest BCUT2D eigenvalue weighted by Gasteiger charge is 2.31. The molecule has 7 nitrogen and oxygen atoms in total. The summed E-state index contributed by atoms with van der Waals surface area (Å²) in [6.07, 6.45) is 12.1. The Hall–Kier alpha value is -3.97. The molecule has 0 saturated heterocycles. The van der Waals surface area contributed by atoms with Crippen LogP contribution in [0.3, 0.4) is 0 Å². The lowest BCUT2D eigenvalue weighted by atomic mass is 9.71. The number of Topliss-reactive ketones (excluding diaryl/α,β-unsaturated/α-hetero) is 2. The van der Waals surface area contributed by atoms with Crippen molar-refractivity contribution >= 4 is 23.9 Å². The number of hydrogen-bond acceptors (Lipinski definition) is 6. The molecule has 3 aliphatic carbocycles. The molecule has 2 heterocycles. The van der Waals surface area contributed by atoms with Gasteiger partial charge in [0.1, 0.15) is 12.1 Å². The third kappa shape index (κ3) is 8.05. The highest BCUT2D eigenvalue weighted by molar-refractivity contribution is 6.02. The van der Waals surface area contributed by atoms with Gasteiger partial charge in [0.2, 0.25) is 5.56 Å². The van der Waals surface area contributed by atoms with E-state index in [0.29, 0.717) is 37.5 Å². The average Bonchev–Trinajstić information content (AvgIpc) is 3.64. The van der Waals surface area contributed by atoms with Crippen LogP contribution in [0.15, 0.2) is 59.0 Å². The van der Waals surface area contributed by atoms with Gasteiger partial charge in [0.25, 0.3) is 0 Å². The Labute approximate surface area is 272 Å². The monoisotopic (exact) mass is 621 g/mol. The van der Waals surface area contributed by atoms with Crippen LogP contribution < -0.4 is 10.9 Å². The lowest BCUT2D eigenvalue weighted by Crippen LogP contribution is -2.34. The Bertz CT molecular complexity index is 1640. The van der Waals surface area contributed by atoms with Crippen molar-refractivity contribution in [3.05, 3.63) is 92.7 Å². The Balaban J connectivity index is 0.00000134. The zero-order valence-corrected chi connectivity index (χ0v) is 27.7. The number of allylic oxidation sites excluding steroid dienone is 1. The number of hydrogen-bond donors (Lipinski definition) is 2. The largest absolute Gasteiger partial charge is 0.328 e. The number of nitrogens with zero attached hydrogens (tertiary/aromatic N) is 1. The maximum absolute atomic E-state index is 13.8. The van der Waals surface area contributed by atoms with Gasteiger partial charge in [-0.25, -0.2) is 0 Å². The molecule has 0 amide bonds. The van der Waals surface area contributed by atoms with Gasteiger partial charge in [-0.2, -0.15) is 0 Å². The standard InChI is InChI=1S/C37H43N3O3.C2H4O/c1-37(2,3)30-12-13-31-28(19-30)17-27-18-29(20-33(27)40-31)35(42)21-25(15-16-38-32-5-4-6-34(32)41)23-7-9-24(10-8-23)26-11-14-36(43)39-22-26;1-2-3/h7-11,14,17-18,22,25,30,32,38H,4-6,12-13,15-16,19-21H2,1-3H3,(H,39,43);2H,1H3/t25-,30-,32?;/m0./s1. The van der Waals surface area contributed by atoms with Gasteiger partial charge < -0.3 is 15.1 Å². The third-order valence-electron chi connectivity index (χ3n) is 9.89. The molecule has 6 rings (SSSR count). The van der Waals surface area contributed by atoms with Crippen molar-refractivity contribution in [2.45, 2.75) is 97.4 Å². The molecule has 0 spiro atoms. The average molecular weight is 622 g/mol. The minimum atomic E-state index is -0.125. The van der Waals surface area contributed by atoms with Gasteiger partial charge in [0.05, 0.1) is 11.7 Å². The number of pyridine rings is 2. The van der Waals surface area contributed by atoms with Crippen LogP contribution in [0.25, 0.3) is 17.2 Å². The lowest BCUT2D eigenvalue weighted by molar-refractivity contribution is -0.119. The van der Waals surface area contributed by atoms with Gasteiger partial charge >= 0.3 is 0 Å². The fourth-order valence-corrected chi connectivity index (χ4v) is 7.07. The lowest BCUT2D eigenvalue weighted by Gasteiger charge is -2.34. The fraction of sp³-hybridized carbons (Fsp3) is 0.462. The molecule has 7 heteroatoms. The van der Waals surface area contributed by atoms with E-state index in [0.717, 1.165) is 71.9 Å². The number of carbonyl (C=O) groups excluding carboxylic acids is 3. The molecule has 0 bridgehead atoms. The Morgan fingerprint density at radius 3 is 2.43 bits per heavy atom. The van der Waals surface area contributed by atoms with Gasteiger partial charge in [0, 0.05) is 42.8 Å². The van der Waals surface area contributed by atoms with Gasteiger partial charge in [-0.05, 0) is 115 Å². The van der Waals surface area contributed by atoms with E-state index in [1.807, 2.05) is 6.07 Å². The highest BCUT2D eigenvalue weighted by atomic mass is 16.1. The number of ketones is 2. The zero-order chi connectivity index (χ0) is 32.8. The van der Waals surface area contributed by atoms with Gasteiger partial charge in [0.15, 0.2) is 5.78 Å². The van der Waals surface area contributed by atoms with E-state index in [1.54, 1.807) is 6.20 Å². The van der Waals surface area contributed by atoms with Crippen molar-refractivity contribution in [2.75, 3.05) is 6.54 Å². The topological polar surface area (TPSA) is 109 Å². The summed E-state index contributed by atoms with van der Waals surface area (Å²) in [7, 11) is 0. The first kappa shape index (κ1) is 33.4. The third-order valence-corrected chi connectivity index (χ3v) is 9.89. The predicted molar refractivity (Wildman–Crippen MR) is 183 cm³/mol. The van der Waals surface area contributed by atoms with E-state index in [1.165, 1.54) is 30.7 Å². The first-order chi connectivity index (χ1) is 22.0. The molecule has 2 aromatic heterocycles. The quantitative estimate of drug-likeness (QED) is 0.262. The van der Waals surface area contributed by atoms with Crippen LogP contribution in [0, 0.1) is 11.3 Å². The first-order valence-corrected chi connectivity index (χ1v) is 16.8. The Kier molecular flexibility index (Phi) is 10.6. The highest BCUT2D eigenvalue weighted by Crippen LogP contribution is 2.39. The number of fused-ring (bicyclic) bond motifs is 2. The van der Waals surface area contributed by atoms with Crippen LogP contribution >= 0.6 is 0 Å². The van der Waals surface area contributed by atoms with Crippen LogP contribution in [-0.2, 0) is 33.6 Å². The van der Waals surface area contributed by atoms with Gasteiger partial charge in [-0.15, -0.1) is 0 Å². The van der Waals surface area contributed by atoms with E-state index >= 15 is 0 Å². The minimum Gasteiger partial charge on any atom is -0.328 e. The number of aromatic amines is 1. The summed E-state index contributed by atoms with van der Waals surface area (Å²) in [6.45, 7) is 9.12. The molecular weight excluding hydrogens is 574 g/mol. The van der Waals surface area contributed by atoms with Crippen molar-refractivity contribution in [1.82, 2.24) is 15.3 Å². The summed E-state index contributed by atoms with van der Waals surface area (Å²) in [5.41, 5.74) is 8.79. The SMILES string of the molecule is CC(C)(C)[C@H]1CCc2nc3c(cc2C1)C=C(C(=O)C[C@H](CCNC1CCCC1=O)c1ccc(-c2ccc(=O)[nH]c2)cc1)C3.CC=O. The van der Waals surface area contributed by atoms with Crippen LogP contribution in [0.5, 0.6) is 0 Å². The van der Waals surface area contributed by atoms with Gasteiger partial charge in [-0.3, -0.25) is 19.4 Å². The molecular formula is C39H47N3O4. The smallest absolute Gasteiger partial charge is 0.247 e. The normalized spacial score (nSPS) is 19.4. The van der Waals surface area contributed by atoms with Crippen molar-refractivity contribution in [1.29, 1.82) is 0 Å². The van der Waals surface area contributed by atoms with Crippen molar-refractivity contribution in [3.63, 3.8) is 0 Å². The number of aryl methyl sites for hydroxylation is 1. The predicted octanol–water partition coefficient (Wildman–Crippen LogP) is 6.58. The molecule has 242 valence electrons. The Morgan fingerprint density at radius 1 is 1.04 bits per heavy atom. The van der Waals surface area contributed by atoms with Crippen molar-refractivity contribution in [3.8, 4) is 11.1 Å². The molecule has 1 aromatic carbocycles. The zero-order valence-electron chi connectivity index (χ0n) is 27.7. The molecule has 2 N–H and O–H groups in total. The number of aromatic nitrogens is 2. The van der Waals surface area contributed by atoms with Crippen LogP contribution in [-0.4, -0.2) is 40.4 Å². The molecule has 3 aromatic rings. The number of rotatable bonds is 9. The maximum atomic E-state index is 13.8. The maximum Gasteiger partial charge on any atom is 0.247 e. The van der Waals surface area contributed by atoms with Crippen molar-refractivity contribution < 1.29 is 14.4 Å². The second-order valence-corrected chi connectivity index (χ2v) is 14.1. The summed E-state index contributed by atoms with van der Waals surface area (Å²) in [5.74, 6) is 1.15. The first-order valence-electron chi connectivity index (χ1n) is 16.8. The number of H-pyrrole nitrogens is 1.